The van der Waals surface area contributed by atoms with Crippen LogP contribution in [0.2, 0.25) is 0 Å². The molecular weight excluding hydrogens is 318 g/mol. The standard InChI is InChI=1S/C17H18F2N2O3/c18-16(19)24-15-9-5-4-8-14(15)21-17(23)20-13(11-22)10-12-6-2-1-3-7-12/h1-9,13,16,22H,10-11H2,(H2,20,21,23). The van der Waals surface area contributed by atoms with Crippen molar-refractivity contribution in [3.63, 3.8) is 0 Å². The van der Waals surface area contributed by atoms with Gasteiger partial charge in [-0.25, -0.2) is 4.79 Å². The molecular formula is C17H18F2N2O3. The maximum atomic E-state index is 12.4. The van der Waals surface area contributed by atoms with Crippen molar-refractivity contribution in [2.45, 2.75) is 19.1 Å². The predicted molar refractivity (Wildman–Crippen MR) is 86.2 cm³/mol. The van der Waals surface area contributed by atoms with Gasteiger partial charge in [0.05, 0.1) is 18.3 Å². The first-order valence-corrected chi connectivity index (χ1v) is 7.34. The first-order valence-electron chi connectivity index (χ1n) is 7.34. The van der Waals surface area contributed by atoms with Crippen molar-refractivity contribution < 1.29 is 23.4 Å². The third kappa shape index (κ3) is 5.51. The van der Waals surface area contributed by atoms with Gasteiger partial charge in [0.25, 0.3) is 0 Å². The van der Waals surface area contributed by atoms with Gasteiger partial charge in [-0.3, -0.25) is 0 Å². The summed E-state index contributed by atoms with van der Waals surface area (Å²) in [6.45, 7) is -3.24. The van der Waals surface area contributed by atoms with Gasteiger partial charge in [0, 0.05) is 0 Å². The lowest BCUT2D eigenvalue weighted by Gasteiger charge is -2.18. The minimum atomic E-state index is -2.99. The Labute approximate surface area is 138 Å². The summed E-state index contributed by atoms with van der Waals surface area (Å²) < 4.78 is 29.1. The second-order valence-electron chi connectivity index (χ2n) is 5.04. The number of amides is 2. The van der Waals surface area contributed by atoms with Gasteiger partial charge in [0.15, 0.2) is 0 Å². The summed E-state index contributed by atoms with van der Waals surface area (Å²) in [6.07, 6.45) is 0.444. The minimum Gasteiger partial charge on any atom is -0.433 e. The van der Waals surface area contributed by atoms with E-state index >= 15 is 0 Å². The van der Waals surface area contributed by atoms with E-state index in [0.29, 0.717) is 6.42 Å². The van der Waals surface area contributed by atoms with Crippen molar-refractivity contribution in [2.24, 2.45) is 0 Å². The molecule has 24 heavy (non-hydrogen) atoms. The number of ether oxygens (including phenoxy) is 1. The highest BCUT2D eigenvalue weighted by Gasteiger charge is 2.15. The summed E-state index contributed by atoms with van der Waals surface area (Å²) in [5, 5.41) is 14.5. The molecule has 0 bridgehead atoms. The molecule has 0 spiro atoms. The number of aliphatic hydroxyl groups is 1. The van der Waals surface area contributed by atoms with Gasteiger partial charge < -0.3 is 20.5 Å². The molecule has 2 aromatic carbocycles. The van der Waals surface area contributed by atoms with Crippen molar-refractivity contribution in [1.29, 1.82) is 0 Å². The third-order valence-electron chi connectivity index (χ3n) is 3.23. The molecule has 3 N–H and O–H groups in total. The fraction of sp³-hybridized carbons (Fsp3) is 0.235. The lowest BCUT2D eigenvalue weighted by molar-refractivity contribution is -0.0493. The van der Waals surface area contributed by atoms with Crippen LogP contribution in [0.4, 0.5) is 19.3 Å². The van der Waals surface area contributed by atoms with Crippen LogP contribution in [0.15, 0.2) is 54.6 Å². The zero-order chi connectivity index (χ0) is 17.4. The molecule has 0 aliphatic carbocycles. The van der Waals surface area contributed by atoms with Gasteiger partial charge in [-0.15, -0.1) is 0 Å². The maximum Gasteiger partial charge on any atom is 0.387 e. The lowest BCUT2D eigenvalue weighted by Crippen LogP contribution is -2.41. The summed E-state index contributed by atoms with van der Waals surface area (Å²) >= 11 is 0. The number of carbonyl (C=O) groups excluding carboxylic acids is 1. The van der Waals surface area contributed by atoms with Gasteiger partial charge in [-0.1, -0.05) is 42.5 Å². The number of anilines is 1. The van der Waals surface area contributed by atoms with E-state index in [4.69, 9.17) is 0 Å². The van der Waals surface area contributed by atoms with E-state index in [1.165, 1.54) is 18.2 Å². The van der Waals surface area contributed by atoms with Crippen molar-refractivity contribution in [2.75, 3.05) is 11.9 Å². The summed E-state index contributed by atoms with van der Waals surface area (Å²) in [6, 6.07) is 14.1. The number of hydrogen-bond acceptors (Lipinski definition) is 3. The number of aliphatic hydroxyl groups excluding tert-OH is 1. The molecule has 0 fully saturated rings. The summed E-state index contributed by atoms with van der Waals surface area (Å²) in [5.74, 6) is -0.133. The van der Waals surface area contributed by atoms with Crippen LogP contribution in [0.1, 0.15) is 5.56 Å². The number of nitrogens with one attached hydrogen (secondary N) is 2. The van der Waals surface area contributed by atoms with Crippen LogP contribution in [-0.4, -0.2) is 30.4 Å². The van der Waals surface area contributed by atoms with Gasteiger partial charge >= 0.3 is 12.6 Å². The SMILES string of the molecule is O=C(Nc1ccccc1OC(F)F)NC(CO)Cc1ccccc1. The first-order chi connectivity index (χ1) is 11.6. The summed E-state index contributed by atoms with van der Waals surface area (Å²) in [4.78, 5) is 12.0. The number of halogens is 2. The Morgan fingerprint density at radius 3 is 2.42 bits per heavy atom. The number of benzene rings is 2. The molecule has 0 heterocycles. The van der Waals surface area contributed by atoms with E-state index in [2.05, 4.69) is 15.4 Å². The van der Waals surface area contributed by atoms with Crippen molar-refractivity contribution in [3.8, 4) is 5.75 Å². The number of rotatable bonds is 7. The average Bonchev–Trinajstić information content (AvgIpc) is 2.56. The Bertz CT molecular complexity index is 653. The molecule has 0 saturated carbocycles. The zero-order valence-corrected chi connectivity index (χ0v) is 12.8. The Morgan fingerprint density at radius 1 is 1.08 bits per heavy atom. The molecule has 0 aliphatic rings. The second kappa shape index (κ2) is 8.83. The van der Waals surface area contributed by atoms with Gasteiger partial charge in [-0.05, 0) is 24.1 Å². The Hall–Kier alpha value is -2.67. The molecule has 0 aromatic heterocycles. The van der Waals surface area contributed by atoms with Crippen LogP contribution >= 0.6 is 0 Å². The largest absolute Gasteiger partial charge is 0.433 e. The average molecular weight is 336 g/mol. The number of carbonyl (C=O) groups is 1. The molecule has 0 aliphatic heterocycles. The Morgan fingerprint density at radius 2 is 1.75 bits per heavy atom. The number of para-hydroxylation sites is 2. The van der Waals surface area contributed by atoms with Gasteiger partial charge in [-0.2, -0.15) is 8.78 Å². The quantitative estimate of drug-likeness (QED) is 0.728. The molecule has 0 radical (unpaired) electrons. The topological polar surface area (TPSA) is 70.6 Å². The van der Waals surface area contributed by atoms with Crippen LogP contribution in [0.25, 0.3) is 0 Å². The van der Waals surface area contributed by atoms with Gasteiger partial charge in [0.1, 0.15) is 5.75 Å². The van der Waals surface area contributed by atoms with E-state index in [1.807, 2.05) is 30.3 Å². The first kappa shape index (κ1) is 17.7. The highest BCUT2D eigenvalue weighted by atomic mass is 19.3. The van der Waals surface area contributed by atoms with Crippen LogP contribution in [0.5, 0.6) is 5.75 Å². The van der Waals surface area contributed by atoms with Crippen molar-refractivity contribution in [3.05, 3.63) is 60.2 Å². The van der Waals surface area contributed by atoms with E-state index in [-0.39, 0.29) is 18.0 Å². The van der Waals surface area contributed by atoms with E-state index in [1.54, 1.807) is 6.07 Å². The van der Waals surface area contributed by atoms with Crippen molar-refractivity contribution in [1.82, 2.24) is 5.32 Å². The monoisotopic (exact) mass is 336 g/mol. The molecule has 128 valence electrons. The van der Waals surface area contributed by atoms with Crippen LogP contribution in [0, 0.1) is 0 Å². The van der Waals surface area contributed by atoms with E-state index in [9.17, 15) is 18.7 Å². The van der Waals surface area contributed by atoms with Gasteiger partial charge in [0.2, 0.25) is 0 Å². The normalized spacial score (nSPS) is 11.8. The molecule has 5 nitrogen and oxygen atoms in total. The highest BCUT2D eigenvalue weighted by Crippen LogP contribution is 2.25. The third-order valence-corrected chi connectivity index (χ3v) is 3.23. The van der Waals surface area contributed by atoms with Crippen molar-refractivity contribution >= 4 is 11.7 Å². The fourth-order valence-electron chi connectivity index (χ4n) is 2.17. The minimum absolute atomic E-state index is 0.117. The fourth-order valence-corrected chi connectivity index (χ4v) is 2.17. The molecule has 2 aromatic rings. The van der Waals surface area contributed by atoms with E-state index in [0.717, 1.165) is 5.56 Å². The lowest BCUT2D eigenvalue weighted by atomic mass is 10.1. The van der Waals surface area contributed by atoms with Crippen LogP contribution < -0.4 is 15.4 Å². The highest BCUT2D eigenvalue weighted by molar-refractivity contribution is 5.91. The Balaban J connectivity index is 1.97. The molecule has 0 saturated heterocycles. The predicted octanol–water partition coefficient (Wildman–Crippen LogP) is 3.01. The van der Waals surface area contributed by atoms with Crippen LogP contribution in [-0.2, 0) is 6.42 Å². The number of alkyl halides is 2. The molecule has 2 rings (SSSR count). The molecule has 1 unspecified atom stereocenters. The smallest absolute Gasteiger partial charge is 0.387 e. The number of urea groups is 1. The molecule has 1 atom stereocenters. The maximum absolute atomic E-state index is 12.4. The summed E-state index contributed by atoms with van der Waals surface area (Å²) in [5.41, 5.74) is 1.07. The Kier molecular flexibility index (Phi) is 6.51. The second-order valence-corrected chi connectivity index (χ2v) is 5.04. The molecule has 2 amide bonds. The summed E-state index contributed by atoms with van der Waals surface area (Å²) in [7, 11) is 0. The zero-order valence-electron chi connectivity index (χ0n) is 12.8. The number of hydrogen-bond donors (Lipinski definition) is 3. The molecule has 7 heteroatoms. The van der Waals surface area contributed by atoms with E-state index < -0.39 is 18.7 Å². The van der Waals surface area contributed by atoms with Crippen LogP contribution in [0.3, 0.4) is 0 Å².